The number of hydrogen-bond donors (Lipinski definition) is 2. The Bertz CT molecular complexity index is 470. The molecule has 3 atom stereocenters. The highest BCUT2D eigenvalue weighted by molar-refractivity contribution is 5.94. The van der Waals surface area contributed by atoms with Crippen molar-refractivity contribution in [2.24, 2.45) is 5.92 Å². The van der Waals surface area contributed by atoms with Gasteiger partial charge in [0.25, 0.3) is 0 Å². The number of pyridine rings is 1. The molecule has 1 amide bonds. The van der Waals surface area contributed by atoms with Crippen LogP contribution in [0.4, 0.5) is 5.82 Å². The summed E-state index contributed by atoms with van der Waals surface area (Å²) in [5.74, 6) is 1.41. The van der Waals surface area contributed by atoms with E-state index in [1.165, 1.54) is 25.7 Å². The standard InChI is InChI=1S/C15H21N3O.2ClH/c1-10-5-4-8-14(16-10)18-15(19)13-9-11-6-2-3-7-12(11)17-13;;/h4-5,8,11-13,17H,2-3,6-7,9H2,1H3,(H,16,18,19);2*1H. The molecule has 6 heteroatoms. The average molecular weight is 332 g/mol. The first-order valence-electron chi connectivity index (χ1n) is 7.23. The number of fused-ring (bicyclic) bond motifs is 1. The van der Waals surface area contributed by atoms with Crippen LogP contribution in [0.25, 0.3) is 0 Å². The first-order valence-corrected chi connectivity index (χ1v) is 7.23. The van der Waals surface area contributed by atoms with Crippen LogP contribution in [0.1, 0.15) is 37.8 Å². The van der Waals surface area contributed by atoms with Crippen LogP contribution < -0.4 is 10.6 Å². The van der Waals surface area contributed by atoms with Gasteiger partial charge in [-0.1, -0.05) is 18.9 Å². The van der Waals surface area contributed by atoms with E-state index in [9.17, 15) is 4.79 Å². The van der Waals surface area contributed by atoms with Crippen LogP contribution in [0.15, 0.2) is 18.2 Å². The molecule has 1 saturated carbocycles. The summed E-state index contributed by atoms with van der Waals surface area (Å²) in [7, 11) is 0. The lowest BCUT2D eigenvalue weighted by Crippen LogP contribution is -2.40. The summed E-state index contributed by atoms with van der Waals surface area (Å²) in [6.45, 7) is 1.93. The van der Waals surface area contributed by atoms with Crippen molar-refractivity contribution in [2.45, 2.75) is 51.1 Å². The van der Waals surface area contributed by atoms with Crippen molar-refractivity contribution in [3.63, 3.8) is 0 Å². The van der Waals surface area contributed by atoms with Gasteiger partial charge in [0.1, 0.15) is 5.82 Å². The quantitative estimate of drug-likeness (QED) is 0.875. The first kappa shape index (κ1) is 18.2. The molecule has 4 nitrogen and oxygen atoms in total. The number of nitrogens with zero attached hydrogens (tertiary/aromatic N) is 1. The number of hydrogen-bond acceptors (Lipinski definition) is 3. The number of aryl methyl sites for hydroxylation is 1. The van der Waals surface area contributed by atoms with Crippen molar-refractivity contribution in [1.82, 2.24) is 10.3 Å². The monoisotopic (exact) mass is 331 g/mol. The molecule has 2 fully saturated rings. The highest BCUT2D eigenvalue weighted by atomic mass is 35.5. The van der Waals surface area contributed by atoms with E-state index in [1.807, 2.05) is 25.1 Å². The lowest BCUT2D eigenvalue weighted by atomic mass is 9.85. The lowest BCUT2D eigenvalue weighted by Gasteiger charge is -2.24. The molecular weight excluding hydrogens is 309 g/mol. The van der Waals surface area contributed by atoms with Gasteiger partial charge in [0.15, 0.2) is 0 Å². The Morgan fingerprint density at radius 3 is 2.76 bits per heavy atom. The van der Waals surface area contributed by atoms with Gasteiger partial charge in [0.05, 0.1) is 6.04 Å². The van der Waals surface area contributed by atoms with Crippen molar-refractivity contribution < 1.29 is 4.79 Å². The topological polar surface area (TPSA) is 54.0 Å². The number of aromatic nitrogens is 1. The zero-order valence-corrected chi connectivity index (χ0v) is 13.8. The SMILES string of the molecule is Cc1cccc(NC(=O)C2CC3CCCCC3N2)n1.Cl.Cl. The second kappa shape index (κ2) is 7.97. The lowest BCUT2D eigenvalue weighted by molar-refractivity contribution is -0.117. The van der Waals surface area contributed by atoms with E-state index >= 15 is 0 Å². The van der Waals surface area contributed by atoms with E-state index in [0.29, 0.717) is 17.8 Å². The highest BCUT2D eigenvalue weighted by Gasteiger charge is 2.38. The number of rotatable bonds is 2. The minimum absolute atomic E-state index is 0. The zero-order valence-electron chi connectivity index (χ0n) is 12.2. The van der Waals surface area contributed by atoms with Crippen LogP contribution in [0.2, 0.25) is 0 Å². The molecule has 2 N–H and O–H groups in total. The molecular formula is C15H23Cl2N3O. The molecule has 0 radical (unpaired) electrons. The van der Waals surface area contributed by atoms with Crippen LogP contribution in [-0.2, 0) is 4.79 Å². The van der Waals surface area contributed by atoms with Gasteiger partial charge < -0.3 is 10.6 Å². The third kappa shape index (κ3) is 4.31. The van der Waals surface area contributed by atoms with Crippen molar-refractivity contribution in [1.29, 1.82) is 0 Å². The van der Waals surface area contributed by atoms with Gasteiger partial charge in [-0.2, -0.15) is 0 Å². The number of halogens is 2. The maximum absolute atomic E-state index is 12.3. The van der Waals surface area contributed by atoms with E-state index in [4.69, 9.17) is 0 Å². The molecule has 1 aromatic rings. The van der Waals surface area contributed by atoms with Crippen LogP contribution in [0.5, 0.6) is 0 Å². The van der Waals surface area contributed by atoms with Gasteiger partial charge in [0.2, 0.25) is 5.91 Å². The summed E-state index contributed by atoms with van der Waals surface area (Å²) < 4.78 is 0. The Balaban J connectivity index is 0.00000110. The molecule has 1 aliphatic carbocycles. The fourth-order valence-corrected chi connectivity index (χ4v) is 3.35. The summed E-state index contributed by atoms with van der Waals surface area (Å²) in [5.41, 5.74) is 0.922. The minimum atomic E-state index is -0.0459. The van der Waals surface area contributed by atoms with Crippen LogP contribution in [0, 0.1) is 12.8 Å². The number of carbonyl (C=O) groups is 1. The van der Waals surface area contributed by atoms with E-state index in [2.05, 4.69) is 15.6 Å². The molecule has 0 bridgehead atoms. The van der Waals surface area contributed by atoms with Crippen molar-refractivity contribution in [3.8, 4) is 0 Å². The Labute approximate surface area is 138 Å². The fraction of sp³-hybridized carbons (Fsp3) is 0.600. The number of amides is 1. The van der Waals surface area contributed by atoms with Crippen LogP contribution >= 0.6 is 24.8 Å². The number of carbonyl (C=O) groups excluding carboxylic acids is 1. The highest BCUT2D eigenvalue weighted by Crippen LogP contribution is 2.33. The molecule has 0 spiro atoms. The van der Waals surface area contributed by atoms with Gasteiger partial charge in [0, 0.05) is 11.7 Å². The smallest absolute Gasteiger partial charge is 0.242 e. The predicted molar refractivity (Wildman–Crippen MR) is 89.4 cm³/mol. The summed E-state index contributed by atoms with van der Waals surface area (Å²) in [5, 5.41) is 6.41. The molecule has 118 valence electrons. The van der Waals surface area contributed by atoms with Crippen molar-refractivity contribution in [3.05, 3.63) is 23.9 Å². The Morgan fingerprint density at radius 1 is 1.29 bits per heavy atom. The molecule has 3 unspecified atom stereocenters. The summed E-state index contributed by atoms with van der Waals surface area (Å²) in [6, 6.07) is 6.19. The minimum Gasteiger partial charge on any atom is -0.309 e. The second-order valence-corrected chi connectivity index (χ2v) is 5.76. The van der Waals surface area contributed by atoms with Gasteiger partial charge in [-0.25, -0.2) is 4.98 Å². The van der Waals surface area contributed by atoms with E-state index in [1.54, 1.807) is 0 Å². The largest absolute Gasteiger partial charge is 0.309 e. The third-order valence-corrected chi connectivity index (χ3v) is 4.32. The van der Waals surface area contributed by atoms with Crippen LogP contribution in [-0.4, -0.2) is 23.0 Å². The molecule has 21 heavy (non-hydrogen) atoms. The van der Waals surface area contributed by atoms with Gasteiger partial charge >= 0.3 is 0 Å². The van der Waals surface area contributed by atoms with Crippen LogP contribution in [0.3, 0.4) is 0 Å². The van der Waals surface area contributed by atoms with Gasteiger partial charge in [-0.15, -0.1) is 24.8 Å². The first-order chi connectivity index (χ1) is 9.22. The maximum atomic E-state index is 12.3. The third-order valence-electron chi connectivity index (χ3n) is 4.32. The molecule has 3 rings (SSSR count). The van der Waals surface area contributed by atoms with Gasteiger partial charge in [-0.3, -0.25) is 4.79 Å². The molecule has 0 aromatic carbocycles. The van der Waals surface area contributed by atoms with Gasteiger partial charge in [-0.05, 0) is 44.2 Å². The normalized spacial score (nSPS) is 27.0. The van der Waals surface area contributed by atoms with E-state index in [0.717, 1.165) is 12.1 Å². The molecule has 2 aliphatic rings. The fourth-order valence-electron chi connectivity index (χ4n) is 3.35. The Morgan fingerprint density at radius 2 is 2.05 bits per heavy atom. The maximum Gasteiger partial charge on any atom is 0.242 e. The number of nitrogens with one attached hydrogen (secondary N) is 2. The molecule has 1 aliphatic heterocycles. The molecule has 1 saturated heterocycles. The molecule has 2 heterocycles. The summed E-state index contributed by atoms with van der Waals surface area (Å²) >= 11 is 0. The van der Waals surface area contributed by atoms with Crippen molar-refractivity contribution >= 4 is 36.5 Å². The Hall–Kier alpha value is -0.840. The predicted octanol–water partition coefficient (Wildman–Crippen LogP) is 3.09. The van der Waals surface area contributed by atoms with E-state index < -0.39 is 0 Å². The van der Waals surface area contributed by atoms with Crippen molar-refractivity contribution in [2.75, 3.05) is 5.32 Å². The second-order valence-electron chi connectivity index (χ2n) is 5.76. The summed E-state index contributed by atoms with van der Waals surface area (Å²) in [4.78, 5) is 16.6. The Kier molecular flexibility index (Phi) is 6.91. The number of anilines is 1. The summed E-state index contributed by atoms with van der Waals surface area (Å²) in [6.07, 6.45) is 6.07. The zero-order chi connectivity index (χ0) is 13.2. The van der Waals surface area contributed by atoms with E-state index in [-0.39, 0.29) is 36.8 Å². The molecule has 1 aromatic heterocycles. The average Bonchev–Trinajstić information content (AvgIpc) is 2.82.